The Labute approximate surface area is 107 Å². The molecule has 0 saturated carbocycles. The molecule has 4 heteroatoms. The van der Waals surface area contributed by atoms with Crippen molar-refractivity contribution in [2.24, 2.45) is 0 Å². The summed E-state index contributed by atoms with van der Waals surface area (Å²) >= 11 is 0. The highest BCUT2D eigenvalue weighted by molar-refractivity contribution is 5.57. The van der Waals surface area contributed by atoms with Gasteiger partial charge in [0.05, 0.1) is 6.54 Å². The van der Waals surface area contributed by atoms with Crippen molar-refractivity contribution in [2.45, 2.75) is 32.2 Å². The molecule has 18 heavy (non-hydrogen) atoms. The Morgan fingerprint density at radius 1 is 1.39 bits per heavy atom. The predicted octanol–water partition coefficient (Wildman–Crippen LogP) is 3.20. The van der Waals surface area contributed by atoms with Crippen molar-refractivity contribution in [1.29, 1.82) is 0 Å². The van der Waals surface area contributed by atoms with Gasteiger partial charge in [0.25, 0.3) is 6.43 Å². The number of benzene rings is 1. The number of halogens is 2. The molecule has 0 radical (unpaired) electrons. The molecular weight excluding hydrogens is 234 g/mol. The molecule has 0 spiro atoms. The van der Waals surface area contributed by atoms with E-state index in [4.69, 9.17) is 0 Å². The number of nitrogens with one attached hydrogen (secondary N) is 1. The van der Waals surface area contributed by atoms with E-state index in [0.717, 1.165) is 30.6 Å². The zero-order chi connectivity index (χ0) is 13.0. The van der Waals surface area contributed by atoms with Crippen LogP contribution in [0.1, 0.15) is 31.4 Å². The fraction of sp³-hybridized carbons (Fsp3) is 0.571. The van der Waals surface area contributed by atoms with Crippen LogP contribution < -0.4 is 10.2 Å². The Kier molecular flexibility index (Phi) is 4.53. The number of hydrogen-bond acceptors (Lipinski definition) is 2. The molecule has 0 saturated heterocycles. The van der Waals surface area contributed by atoms with Crippen LogP contribution in [-0.2, 0) is 0 Å². The van der Waals surface area contributed by atoms with E-state index >= 15 is 0 Å². The van der Waals surface area contributed by atoms with E-state index in [1.165, 1.54) is 0 Å². The summed E-state index contributed by atoms with van der Waals surface area (Å²) in [6, 6.07) is 8.18. The monoisotopic (exact) mass is 254 g/mol. The summed E-state index contributed by atoms with van der Waals surface area (Å²) in [4.78, 5) is 1.80. The molecule has 2 rings (SSSR count). The normalized spacial score (nSPS) is 19.1. The Balaban J connectivity index is 2.17. The lowest BCUT2D eigenvalue weighted by Gasteiger charge is -2.36. The van der Waals surface area contributed by atoms with Crippen molar-refractivity contribution in [2.75, 3.05) is 24.5 Å². The van der Waals surface area contributed by atoms with Crippen molar-refractivity contribution in [3.63, 3.8) is 0 Å². The summed E-state index contributed by atoms with van der Waals surface area (Å²) in [5, 5.41) is 3.49. The highest BCUT2D eigenvalue weighted by atomic mass is 19.3. The molecule has 1 atom stereocenters. The summed E-state index contributed by atoms with van der Waals surface area (Å²) in [7, 11) is 0. The fourth-order valence-electron chi connectivity index (χ4n) is 2.52. The molecule has 100 valence electrons. The molecule has 0 fully saturated rings. The molecule has 1 aromatic rings. The summed E-state index contributed by atoms with van der Waals surface area (Å²) in [6.07, 6.45) is -0.304. The number of nitrogens with zero attached hydrogens (tertiary/aromatic N) is 1. The first-order chi connectivity index (χ1) is 8.72. The number of fused-ring (bicyclic) bond motifs is 1. The van der Waals surface area contributed by atoms with Crippen LogP contribution in [0.5, 0.6) is 0 Å². The molecule has 1 N–H and O–H groups in total. The van der Waals surface area contributed by atoms with Crippen LogP contribution in [0.25, 0.3) is 0 Å². The first-order valence-corrected chi connectivity index (χ1v) is 6.57. The summed E-state index contributed by atoms with van der Waals surface area (Å²) in [5.74, 6) is 0. The molecule has 0 aliphatic carbocycles. The van der Waals surface area contributed by atoms with Crippen molar-refractivity contribution < 1.29 is 8.78 Å². The predicted molar refractivity (Wildman–Crippen MR) is 70.3 cm³/mol. The second kappa shape index (κ2) is 6.14. The lowest BCUT2D eigenvalue weighted by molar-refractivity contribution is 0.153. The Morgan fingerprint density at radius 2 is 2.17 bits per heavy atom. The summed E-state index contributed by atoms with van der Waals surface area (Å²) in [6.45, 7) is 3.62. The topological polar surface area (TPSA) is 15.3 Å². The number of hydrogen-bond donors (Lipinski definition) is 1. The highest BCUT2D eigenvalue weighted by Crippen LogP contribution is 2.33. The second-order valence-electron chi connectivity index (χ2n) is 4.69. The van der Waals surface area contributed by atoms with E-state index < -0.39 is 6.43 Å². The third-order valence-electron chi connectivity index (χ3n) is 3.34. The van der Waals surface area contributed by atoms with E-state index in [-0.39, 0.29) is 6.54 Å². The summed E-state index contributed by atoms with van der Waals surface area (Å²) < 4.78 is 25.1. The third kappa shape index (κ3) is 2.99. The minimum Gasteiger partial charge on any atom is -0.365 e. The van der Waals surface area contributed by atoms with Crippen molar-refractivity contribution >= 4 is 5.69 Å². The lowest BCUT2D eigenvalue weighted by Crippen LogP contribution is -2.38. The van der Waals surface area contributed by atoms with E-state index in [1.807, 2.05) is 24.3 Å². The van der Waals surface area contributed by atoms with Gasteiger partial charge < -0.3 is 10.2 Å². The quantitative estimate of drug-likeness (QED) is 0.868. The SMILES string of the molecule is CCCNC1CCN(CC(F)F)c2ccccc21. The number of alkyl halides is 2. The molecule has 1 aliphatic rings. The largest absolute Gasteiger partial charge is 0.365 e. The molecular formula is C14H20F2N2. The van der Waals surface area contributed by atoms with Crippen LogP contribution in [-0.4, -0.2) is 26.1 Å². The van der Waals surface area contributed by atoms with Gasteiger partial charge in [0.15, 0.2) is 0 Å². The van der Waals surface area contributed by atoms with E-state index in [9.17, 15) is 8.78 Å². The minimum absolute atomic E-state index is 0.169. The molecule has 1 aliphatic heterocycles. The van der Waals surface area contributed by atoms with Gasteiger partial charge in [0.1, 0.15) is 0 Å². The number of rotatable bonds is 5. The maximum absolute atomic E-state index is 12.6. The van der Waals surface area contributed by atoms with Crippen LogP contribution >= 0.6 is 0 Å². The minimum atomic E-state index is -2.28. The second-order valence-corrected chi connectivity index (χ2v) is 4.69. The van der Waals surface area contributed by atoms with Gasteiger partial charge in [-0.25, -0.2) is 8.78 Å². The van der Waals surface area contributed by atoms with E-state index in [0.29, 0.717) is 12.6 Å². The highest BCUT2D eigenvalue weighted by Gasteiger charge is 2.25. The third-order valence-corrected chi connectivity index (χ3v) is 3.34. The van der Waals surface area contributed by atoms with E-state index in [2.05, 4.69) is 12.2 Å². The number of para-hydroxylation sites is 1. The van der Waals surface area contributed by atoms with Gasteiger partial charge in [0, 0.05) is 18.3 Å². The molecule has 2 nitrogen and oxygen atoms in total. The van der Waals surface area contributed by atoms with Crippen LogP contribution in [0, 0.1) is 0 Å². The van der Waals surface area contributed by atoms with Crippen LogP contribution in [0.3, 0.4) is 0 Å². The lowest BCUT2D eigenvalue weighted by atomic mass is 9.96. The standard InChI is InChI=1S/C14H20F2N2/c1-2-8-17-12-7-9-18(10-14(15)16)13-6-4-3-5-11(12)13/h3-6,12,14,17H,2,7-10H2,1H3. The Bertz CT molecular complexity index is 382. The molecule has 0 amide bonds. The van der Waals surface area contributed by atoms with Crippen molar-refractivity contribution in [3.05, 3.63) is 29.8 Å². The first kappa shape index (κ1) is 13.3. The maximum atomic E-state index is 12.6. The van der Waals surface area contributed by atoms with Gasteiger partial charge >= 0.3 is 0 Å². The average molecular weight is 254 g/mol. The maximum Gasteiger partial charge on any atom is 0.255 e. The smallest absolute Gasteiger partial charge is 0.255 e. The van der Waals surface area contributed by atoms with E-state index in [1.54, 1.807) is 4.90 Å². The fourth-order valence-corrected chi connectivity index (χ4v) is 2.52. The van der Waals surface area contributed by atoms with Gasteiger partial charge in [-0.2, -0.15) is 0 Å². The van der Waals surface area contributed by atoms with Crippen LogP contribution in [0.15, 0.2) is 24.3 Å². The van der Waals surface area contributed by atoms with Gasteiger partial charge in [-0.1, -0.05) is 25.1 Å². The average Bonchev–Trinajstić information content (AvgIpc) is 2.37. The van der Waals surface area contributed by atoms with Gasteiger partial charge in [-0.3, -0.25) is 0 Å². The Morgan fingerprint density at radius 3 is 2.89 bits per heavy atom. The van der Waals surface area contributed by atoms with Gasteiger partial charge in [-0.15, -0.1) is 0 Å². The number of anilines is 1. The zero-order valence-electron chi connectivity index (χ0n) is 10.7. The molecule has 0 aromatic heterocycles. The first-order valence-electron chi connectivity index (χ1n) is 6.57. The molecule has 1 heterocycles. The molecule has 1 unspecified atom stereocenters. The van der Waals surface area contributed by atoms with Gasteiger partial charge in [-0.05, 0) is 31.0 Å². The van der Waals surface area contributed by atoms with Crippen molar-refractivity contribution in [3.8, 4) is 0 Å². The summed E-state index contributed by atoms with van der Waals surface area (Å²) in [5.41, 5.74) is 2.11. The van der Waals surface area contributed by atoms with Gasteiger partial charge in [0.2, 0.25) is 0 Å². The van der Waals surface area contributed by atoms with Crippen LogP contribution in [0.2, 0.25) is 0 Å². The molecule has 0 bridgehead atoms. The molecule has 1 aromatic carbocycles. The zero-order valence-corrected chi connectivity index (χ0v) is 10.7. The van der Waals surface area contributed by atoms with Crippen LogP contribution in [0.4, 0.5) is 14.5 Å². The van der Waals surface area contributed by atoms with Crippen molar-refractivity contribution in [1.82, 2.24) is 5.32 Å². The Hall–Kier alpha value is -1.16.